The SMILES string of the molecule is COc1ccc2c(CNCCCCCO)cc3cc4c(cc3c2c1)OCO4. The molecule has 0 fully saturated rings. The number of hydrogen-bond donors (Lipinski definition) is 2. The van der Waals surface area contributed by atoms with Gasteiger partial charge in [0.15, 0.2) is 11.5 Å². The second-order valence-electron chi connectivity index (χ2n) is 6.83. The molecule has 0 unspecified atom stereocenters. The van der Waals surface area contributed by atoms with Gasteiger partial charge in [0.1, 0.15) is 5.75 Å². The molecule has 0 atom stereocenters. The van der Waals surface area contributed by atoms with Gasteiger partial charge in [-0.3, -0.25) is 0 Å². The van der Waals surface area contributed by atoms with Crippen LogP contribution in [0.4, 0.5) is 0 Å². The molecule has 5 heteroatoms. The molecule has 0 amide bonds. The molecular formula is C22H25NO4. The van der Waals surface area contributed by atoms with Crippen molar-refractivity contribution in [3.63, 3.8) is 0 Å². The summed E-state index contributed by atoms with van der Waals surface area (Å²) in [5, 5.41) is 17.1. The van der Waals surface area contributed by atoms with Crippen LogP contribution >= 0.6 is 0 Å². The number of aliphatic hydroxyl groups excluding tert-OH is 1. The number of nitrogens with one attached hydrogen (secondary N) is 1. The Kier molecular flexibility index (Phi) is 5.32. The largest absolute Gasteiger partial charge is 0.497 e. The van der Waals surface area contributed by atoms with Crippen LogP contribution in [0.15, 0.2) is 36.4 Å². The lowest BCUT2D eigenvalue weighted by Crippen LogP contribution is -2.15. The second-order valence-corrected chi connectivity index (χ2v) is 6.83. The number of hydrogen-bond acceptors (Lipinski definition) is 5. The fraction of sp³-hybridized carbons (Fsp3) is 0.364. The molecule has 4 rings (SSSR count). The maximum Gasteiger partial charge on any atom is 0.231 e. The predicted octanol–water partition coefficient (Wildman–Crippen LogP) is 3.98. The van der Waals surface area contributed by atoms with E-state index in [-0.39, 0.29) is 13.4 Å². The zero-order chi connectivity index (χ0) is 18.6. The Morgan fingerprint density at radius 2 is 1.81 bits per heavy atom. The number of rotatable bonds is 8. The molecule has 1 aliphatic rings. The van der Waals surface area contributed by atoms with Crippen LogP contribution in [0.2, 0.25) is 0 Å². The smallest absolute Gasteiger partial charge is 0.231 e. The van der Waals surface area contributed by atoms with Crippen molar-refractivity contribution in [2.45, 2.75) is 25.8 Å². The number of ether oxygens (including phenoxy) is 3. The summed E-state index contributed by atoms with van der Waals surface area (Å²) in [4.78, 5) is 0. The summed E-state index contributed by atoms with van der Waals surface area (Å²) in [6, 6.07) is 12.6. The van der Waals surface area contributed by atoms with Gasteiger partial charge in [0.05, 0.1) is 7.11 Å². The van der Waals surface area contributed by atoms with E-state index in [0.717, 1.165) is 65.8 Å². The average molecular weight is 367 g/mol. The summed E-state index contributed by atoms with van der Waals surface area (Å²) >= 11 is 0. The summed E-state index contributed by atoms with van der Waals surface area (Å²) in [5.41, 5.74) is 1.25. The fourth-order valence-corrected chi connectivity index (χ4v) is 3.64. The molecule has 0 radical (unpaired) electrons. The van der Waals surface area contributed by atoms with Gasteiger partial charge >= 0.3 is 0 Å². The van der Waals surface area contributed by atoms with Crippen molar-refractivity contribution in [2.24, 2.45) is 0 Å². The molecule has 1 heterocycles. The Balaban J connectivity index is 1.70. The molecular weight excluding hydrogens is 342 g/mol. The van der Waals surface area contributed by atoms with Gasteiger partial charge < -0.3 is 24.6 Å². The Labute approximate surface area is 158 Å². The highest BCUT2D eigenvalue weighted by Gasteiger charge is 2.17. The highest BCUT2D eigenvalue weighted by atomic mass is 16.7. The molecule has 0 saturated carbocycles. The average Bonchev–Trinajstić information content (AvgIpc) is 3.16. The van der Waals surface area contributed by atoms with Crippen LogP contribution in [0.3, 0.4) is 0 Å². The van der Waals surface area contributed by atoms with E-state index in [1.165, 1.54) is 10.9 Å². The molecule has 0 saturated heterocycles. The van der Waals surface area contributed by atoms with Crippen LogP contribution in [0.5, 0.6) is 17.2 Å². The van der Waals surface area contributed by atoms with E-state index in [0.29, 0.717) is 0 Å². The number of unbranched alkanes of at least 4 members (excludes halogenated alkanes) is 2. The molecule has 1 aliphatic heterocycles. The van der Waals surface area contributed by atoms with Crippen LogP contribution in [0.25, 0.3) is 21.5 Å². The summed E-state index contributed by atoms with van der Waals surface area (Å²) in [6.45, 7) is 2.28. The Bertz CT molecular complexity index is 954. The van der Waals surface area contributed by atoms with Gasteiger partial charge in [-0.25, -0.2) is 0 Å². The van der Waals surface area contributed by atoms with Gasteiger partial charge in [-0.15, -0.1) is 0 Å². The lowest BCUT2D eigenvalue weighted by atomic mass is 9.96. The normalized spacial score (nSPS) is 12.8. The quantitative estimate of drug-likeness (QED) is 0.466. The molecule has 0 spiro atoms. The van der Waals surface area contributed by atoms with Crippen molar-refractivity contribution in [1.82, 2.24) is 5.32 Å². The third-order valence-electron chi connectivity index (χ3n) is 5.06. The number of benzene rings is 3. The van der Waals surface area contributed by atoms with Crippen LogP contribution in [-0.4, -0.2) is 32.2 Å². The van der Waals surface area contributed by atoms with Crippen molar-refractivity contribution in [1.29, 1.82) is 0 Å². The third kappa shape index (κ3) is 3.66. The van der Waals surface area contributed by atoms with Crippen molar-refractivity contribution < 1.29 is 19.3 Å². The Hall–Kier alpha value is -2.50. The third-order valence-corrected chi connectivity index (χ3v) is 5.06. The van der Waals surface area contributed by atoms with Gasteiger partial charge in [0, 0.05) is 13.2 Å². The maximum absolute atomic E-state index is 8.88. The minimum Gasteiger partial charge on any atom is -0.497 e. The molecule has 3 aromatic carbocycles. The van der Waals surface area contributed by atoms with Gasteiger partial charge in [-0.1, -0.05) is 6.07 Å². The second kappa shape index (κ2) is 8.03. The van der Waals surface area contributed by atoms with E-state index in [4.69, 9.17) is 19.3 Å². The molecule has 142 valence electrons. The van der Waals surface area contributed by atoms with E-state index >= 15 is 0 Å². The molecule has 27 heavy (non-hydrogen) atoms. The standard InChI is InChI=1S/C22H25NO4/c1-25-17-5-6-18-16(13-23-7-3-2-4-8-24)9-15-10-21-22(27-14-26-21)12-19(15)20(18)11-17/h5-6,9-12,23-24H,2-4,7-8,13-14H2,1H3. The van der Waals surface area contributed by atoms with Crippen LogP contribution in [0.1, 0.15) is 24.8 Å². The lowest BCUT2D eigenvalue weighted by molar-refractivity contribution is 0.174. The van der Waals surface area contributed by atoms with Crippen molar-refractivity contribution in [3.8, 4) is 17.2 Å². The van der Waals surface area contributed by atoms with Crippen molar-refractivity contribution in [3.05, 3.63) is 42.0 Å². The first kappa shape index (κ1) is 17.9. The molecule has 5 nitrogen and oxygen atoms in total. The van der Waals surface area contributed by atoms with Gasteiger partial charge in [-0.2, -0.15) is 0 Å². The highest BCUT2D eigenvalue weighted by molar-refractivity contribution is 6.10. The molecule has 2 N–H and O–H groups in total. The van der Waals surface area contributed by atoms with E-state index < -0.39 is 0 Å². The van der Waals surface area contributed by atoms with Crippen molar-refractivity contribution >= 4 is 21.5 Å². The van der Waals surface area contributed by atoms with Crippen LogP contribution < -0.4 is 19.5 Å². The predicted molar refractivity (Wildman–Crippen MR) is 107 cm³/mol. The maximum atomic E-state index is 8.88. The molecule has 3 aromatic rings. The zero-order valence-corrected chi connectivity index (χ0v) is 15.6. The van der Waals surface area contributed by atoms with E-state index in [2.05, 4.69) is 35.6 Å². The first-order valence-corrected chi connectivity index (χ1v) is 9.44. The molecule has 0 bridgehead atoms. The molecule has 0 aromatic heterocycles. The van der Waals surface area contributed by atoms with E-state index in [1.807, 2.05) is 6.07 Å². The Morgan fingerprint density at radius 3 is 2.63 bits per heavy atom. The zero-order valence-electron chi connectivity index (χ0n) is 15.6. The first-order chi connectivity index (χ1) is 13.3. The Morgan fingerprint density at radius 1 is 0.963 bits per heavy atom. The first-order valence-electron chi connectivity index (χ1n) is 9.44. The topological polar surface area (TPSA) is 60.0 Å². The molecule has 0 aliphatic carbocycles. The fourth-order valence-electron chi connectivity index (χ4n) is 3.64. The minimum atomic E-state index is 0.271. The van der Waals surface area contributed by atoms with Gasteiger partial charge in [0.25, 0.3) is 0 Å². The number of fused-ring (bicyclic) bond motifs is 4. The van der Waals surface area contributed by atoms with Gasteiger partial charge in [-0.05, 0) is 83.2 Å². The van der Waals surface area contributed by atoms with Gasteiger partial charge in [0.2, 0.25) is 6.79 Å². The summed E-state index contributed by atoms with van der Waals surface area (Å²) in [6.07, 6.45) is 2.98. The highest BCUT2D eigenvalue weighted by Crippen LogP contribution is 2.40. The summed E-state index contributed by atoms with van der Waals surface area (Å²) < 4.78 is 16.6. The minimum absolute atomic E-state index is 0.271. The monoisotopic (exact) mass is 367 g/mol. The van der Waals surface area contributed by atoms with Crippen LogP contribution in [0, 0.1) is 0 Å². The number of methoxy groups -OCH3 is 1. The summed E-state index contributed by atoms with van der Waals surface area (Å²) in [7, 11) is 1.69. The van der Waals surface area contributed by atoms with E-state index in [9.17, 15) is 0 Å². The van der Waals surface area contributed by atoms with Crippen molar-refractivity contribution in [2.75, 3.05) is 27.1 Å². The van der Waals surface area contributed by atoms with E-state index in [1.54, 1.807) is 7.11 Å². The lowest BCUT2D eigenvalue weighted by Gasteiger charge is -2.13. The van der Waals surface area contributed by atoms with Crippen LogP contribution in [-0.2, 0) is 6.54 Å². The summed E-state index contributed by atoms with van der Waals surface area (Å²) in [5.74, 6) is 2.43. The number of aliphatic hydroxyl groups is 1.